The summed E-state index contributed by atoms with van der Waals surface area (Å²) in [6.45, 7) is 8.79. The van der Waals surface area contributed by atoms with Crippen LogP contribution in [0.1, 0.15) is 27.2 Å². The van der Waals surface area contributed by atoms with E-state index in [4.69, 9.17) is 17.3 Å². The zero-order chi connectivity index (χ0) is 12.6. The summed E-state index contributed by atoms with van der Waals surface area (Å²) in [6, 6.07) is 0. The molecule has 1 fully saturated rings. The summed E-state index contributed by atoms with van der Waals surface area (Å²) in [5.41, 5.74) is 6.02. The third-order valence-corrected chi connectivity index (χ3v) is 3.87. The molecule has 2 heterocycles. The third-order valence-electron chi connectivity index (χ3n) is 3.51. The standard InChI is InChI=1S/C12H19ClN4/c1-12(2,3)8-4-5-17(6-8)11-9(13)10(14)15-7-16-11/h7-8H,4-6H2,1-3H3,(H2,14,15,16). The number of nitrogen functional groups attached to an aromatic ring is 1. The van der Waals surface area contributed by atoms with Gasteiger partial charge in [0.2, 0.25) is 0 Å². The molecule has 0 saturated carbocycles. The molecule has 17 heavy (non-hydrogen) atoms. The molecule has 0 radical (unpaired) electrons. The van der Waals surface area contributed by atoms with E-state index in [1.54, 1.807) is 0 Å². The smallest absolute Gasteiger partial charge is 0.153 e. The second-order valence-electron chi connectivity index (χ2n) is 5.69. The Hall–Kier alpha value is -1.03. The number of rotatable bonds is 1. The van der Waals surface area contributed by atoms with E-state index in [-0.39, 0.29) is 0 Å². The fraction of sp³-hybridized carbons (Fsp3) is 0.667. The first-order chi connectivity index (χ1) is 7.89. The van der Waals surface area contributed by atoms with E-state index in [2.05, 4.69) is 35.6 Å². The Morgan fingerprint density at radius 3 is 2.71 bits per heavy atom. The van der Waals surface area contributed by atoms with E-state index in [0.29, 0.717) is 22.2 Å². The quantitative estimate of drug-likeness (QED) is 0.837. The van der Waals surface area contributed by atoms with Crippen LogP contribution in [0.3, 0.4) is 0 Å². The van der Waals surface area contributed by atoms with E-state index in [9.17, 15) is 0 Å². The predicted molar refractivity (Wildman–Crippen MR) is 71.2 cm³/mol. The molecule has 0 amide bonds. The van der Waals surface area contributed by atoms with Crippen molar-refractivity contribution in [1.82, 2.24) is 9.97 Å². The van der Waals surface area contributed by atoms with Crippen molar-refractivity contribution >= 4 is 23.2 Å². The highest BCUT2D eigenvalue weighted by Gasteiger charge is 2.33. The molecule has 2 rings (SSSR count). The van der Waals surface area contributed by atoms with Crippen molar-refractivity contribution in [1.29, 1.82) is 0 Å². The molecule has 1 unspecified atom stereocenters. The number of halogens is 1. The van der Waals surface area contributed by atoms with Crippen molar-refractivity contribution in [3.05, 3.63) is 11.3 Å². The molecule has 1 aliphatic rings. The van der Waals surface area contributed by atoms with Crippen molar-refractivity contribution in [2.75, 3.05) is 23.7 Å². The molecule has 1 aromatic rings. The Labute approximate surface area is 107 Å². The maximum absolute atomic E-state index is 6.14. The second kappa shape index (κ2) is 4.33. The minimum atomic E-state index is 0.319. The third kappa shape index (κ3) is 2.46. The maximum Gasteiger partial charge on any atom is 0.153 e. The monoisotopic (exact) mass is 254 g/mol. The van der Waals surface area contributed by atoms with Crippen LogP contribution in [0, 0.1) is 11.3 Å². The van der Waals surface area contributed by atoms with Gasteiger partial charge in [0.25, 0.3) is 0 Å². The number of aromatic nitrogens is 2. The van der Waals surface area contributed by atoms with E-state index in [1.165, 1.54) is 12.7 Å². The van der Waals surface area contributed by atoms with Gasteiger partial charge in [0, 0.05) is 13.1 Å². The zero-order valence-electron chi connectivity index (χ0n) is 10.6. The zero-order valence-corrected chi connectivity index (χ0v) is 11.3. The largest absolute Gasteiger partial charge is 0.382 e. The van der Waals surface area contributed by atoms with Crippen LogP contribution in [0.15, 0.2) is 6.33 Å². The number of hydrogen-bond donors (Lipinski definition) is 1. The SMILES string of the molecule is CC(C)(C)C1CCN(c2ncnc(N)c2Cl)C1. The topological polar surface area (TPSA) is 55.0 Å². The molecule has 1 saturated heterocycles. The fourth-order valence-electron chi connectivity index (χ4n) is 2.25. The molecule has 1 aliphatic heterocycles. The Morgan fingerprint density at radius 1 is 1.41 bits per heavy atom. The van der Waals surface area contributed by atoms with Gasteiger partial charge in [0.1, 0.15) is 17.2 Å². The molecule has 2 N–H and O–H groups in total. The summed E-state index contributed by atoms with van der Waals surface area (Å²) in [4.78, 5) is 10.3. The summed E-state index contributed by atoms with van der Waals surface area (Å²) in [6.07, 6.45) is 2.64. The highest BCUT2D eigenvalue weighted by Crippen LogP contribution is 2.37. The average molecular weight is 255 g/mol. The summed E-state index contributed by atoms with van der Waals surface area (Å²) in [5, 5.41) is 0.474. The molecule has 0 aromatic carbocycles. The minimum absolute atomic E-state index is 0.319. The summed E-state index contributed by atoms with van der Waals surface area (Å²) >= 11 is 6.14. The molecular formula is C12H19ClN4. The first-order valence-electron chi connectivity index (χ1n) is 5.90. The highest BCUT2D eigenvalue weighted by atomic mass is 35.5. The van der Waals surface area contributed by atoms with Gasteiger partial charge < -0.3 is 10.6 Å². The van der Waals surface area contributed by atoms with Crippen molar-refractivity contribution < 1.29 is 0 Å². The van der Waals surface area contributed by atoms with Crippen molar-refractivity contribution in [2.24, 2.45) is 11.3 Å². The van der Waals surface area contributed by atoms with Gasteiger partial charge in [0.05, 0.1) is 0 Å². The van der Waals surface area contributed by atoms with Gasteiger partial charge in [0.15, 0.2) is 5.82 Å². The Bertz CT molecular complexity index is 413. The normalized spacial score (nSPS) is 20.9. The van der Waals surface area contributed by atoms with Gasteiger partial charge in [-0.1, -0.05) is 32.4 Å². The van der Waals surface area contributed by atoms with Gasteiger partial charge >= 0.3 is 0 Å². The van der Waals surface area contributed by atoms with E-state index >= 15 is 0 Å². The van der Waals surface area contributed by atoms with Gasteiger partial charge in [-0.15, -0.1) is 0 Å². The molecule has 0 aliphatic carbocycles. The molecule has 1 aromatic heterocycles. The summed E-state index contributed by atoms with van der Waals surface area (Å²) < 4.78 is 0. The lowest BCUT2D eigenvalue weighted by molar-refractivity contribution is 0.263. The molecular weight excluding hydrogens is 236 g/mol. The lowest BCUT2D eigenvalue weighted by Crippen LogP contribution is -2.26. The first-order valence-corrected chi connectivity index (χ1v) is 6.28. The van der Waals surface area contributed by atoms with Crippen molar-refractivity contribution in [3.63, 3.8) is 0 Å². The van der Waals surface area contributed by atoms with E-state index < -0.39 is 0 Å². The van der Waals surface area contributed by atoms with Crippen LogP contribution in [-0.2, 0) is 0 Å². The number of anilines is 2. The molecule has 1 atom stereocenters. The molecule has 94 valence electrons. The summed E-state index contributed by atoms with van der Waals surface area (Å²) in [5.74, 6) is 1.79. The lowest BCUT2D eigenvalue weighted by Gasteiger charge is -2.27. The second-order valence-corrected chi connectivity index (χ2v) is 6.07. The number of nitrogens with zero attached hydrogens (tertiary/aromatic N) is 3. The van der Waals surface area contributed by atoms with E-state index in [1.807, 2.05) is 0 Å². The highest BCUT2D eigenvalue weighted by molar-refractivity contribution is 6.35. The maximum atomic E-state index is 6.14. The van der Waals surface area contributed by atoms with Crippen LogP contribution in [0.5, 0.6) is 0 Å². The van der Waals surface area contributed by atoms with Crippen LogP contribution >= 0.6 is 11.6 Å². The average Bonchev–Trinajstić information content (AvgIpc) is 2.70. The van der Waals surface area contributed by atoms with Gasteiger partial charge in [-0.05, 0) is 17.8 Å². The molecule has 0 bridgehead atoms. The van der Waals surface area contributed by atoms with Gasteiger partial charge in [-0.25, -0.2) is 9.97 Å². The van der Waals surface area contributed by atoms with Crippen molar-refractivity contribution in [3.8, 4) is 0 Å². The Morgan fingerprint density at radius 2 is 2.12 bits per heavy atom. The Balaban J connectivity index is 2.18. The van der Waals surface area contributed by atoms with Crippen LogP contribution in [0.4, 0.5) is 11.6 Å². The van der Waals surface area contributed by atoms with E-state index in [0.717, 1.165) is 18.9 Å². The molecule has 4 nitrogen and oxygen atoms in total. The Kier molecular flexibility index (Phi) is 3.17. The minimum Gasteiger partial charge on any atom is -0.382 e. The summed E-state index contributed by atoms with van der Waals surface area (Å²) in [7, 11) is 0. The van der Waals surface area contributed by atoms with Crippen molar-refractivity contribution in [2.45, 2.75) is 27.2 Å². The van der Waals surface area contributed by atoms with Crippen LogP contribution in [0.2, 0.25) is 5.02 Å². The van der Waals surface area contributed by atoms with Crippen LogP contribution in [-0.4, -0.2) is 23.1 Å². The van der Waals surface area contributed by atoms with Gasteiger partial charge in [-0.3, -0.25) is 0 Å². The molecule has 5 heteroatoms. The predicted octanol–water partition coefficient (Wildman–Crippen LogP) is 2.58. The van der Waals surface area contributed by atoms with Gasteiger partial charge in [-0.2, -0.15) is 0 Å². The number of hydrogen-bond acceptors (Lipinski definition) is 4. The van der Waals surface area contributed by atoms with Crippen LogP contribution in [0.25, 0.3) is 0 Å². The fourth-order valence-corrected chi connectivity index (χ4v) is 2.47. The van der Waals surface area contributed by atoms with Crippen LogP contribution < -0.4 is 10.6 Å². The number of nitrogens with two attached hydrogens (primary N) is 1. The molecule has 0 spiro atoms. The lowest BCUT2D eigenvalue weighted by atomic mass is 9.80. The first kappa shape index (κ1) is 12.4.